The summed E-state index contributed by atoms with van der Waals surface area (Å²) >= 11 is 0. The standard InChI is InChI=1S/C20H25N3O/c24-15-23(17-11-5-2-6-12-17)20-19(16-9-3-1-4-10-16)21-18-13-7-8-14-22(18)20/h1,3,7-8,13-17H,2,4-6,9-12H2. The molecule has 2 aliphatic rings. The van der Waals surface area contributed by atoms with Crippen LogP contribution in [0.5, 0.6) is 0 Å². The zero-order valence-corrected chi connectivity index (χ0v) is 14.1. The van der Waals surface area contributed by atoms with Gasteiger partial charge >= 0.3 is 0 Å². The van der Waals surface area contributed by atoms with Crippen molar-refractivity contribution < 1.29 is 4.79 Å². The molecule has 1 saturated carbocycles. The monoisotopic (exact) mass is 323 g/mol. The van der Waals surface area contributed by atoms with Gasteiger partial charge in [0.25, 0.3) is 0 Å². The molecule has 0 aliphatic heterocycles. The number of allylic oxidation sites excluding steroid dienone is 2. The Bertz CT molecular complexity index is 742. The van der Waals surface area contributed by atoms with Crippen molar-refractivity contribution in [3.8, 4) is 0 Å². The van der Waals surface area contributed by atoms with E-state index >= 15 is 0 Å². The largest absolute Gasteiger partial charge is 0.296 e. The van der Waals surface area contributed by atoms with E-state index in [1.165, 1.54) is 19.3 Å². The van der Waals surface area contributed by atoms with Crippen LogP contribution < -0.4 is 4.90 Å². The molecule has 1 unspecified atom stereocenters. The van der Waals surface area contributed by atoms with Crippen molar-refractivity contribution in [1.29, 1.82) is 0 Å². The highest BCUT2D eigenvalue weighted by Gasteiger charge is 2.29. The highest BCUT2D eigenvalue weighted by atomic mass is 16.1. The molecule has 1 atom stereocenters. The molecule has 2 aromatic rings. The van der Waals surface area contributed by atoms with Gasteiger partial charge in [0.2, 0.25) is 6.41 Å². The van der Waals surface area contributed by atoms with Crippen LogP contribution in [0.2, 0.25) is 0 Å². The summed E-state index contributed by atoms with van der Waals surface area (Å²) in [7, 11) is 0. The van der Waals surface area contributed by atoms with Crippen LogP contribution in [0.1, 0.15) is 63.0 Å². The van der Waals surface area contributed by atoms with Gasteiger partial charge in [-0.1, -0.05) is 37.5 Å². The van der Waals surface area contributed by atoms with Gasteiger partial charge in [-0.15, -0.1) is 0 Å². The number of fused-ring (bicyclic) bond motifs is 1. The van der Waals surface area contributed by atoms with Crippen molar-refractivity contribution in [2.75, 3.05) is 4.90 Å². The zero-order chi connectivity index (χ0) is 16.4. The maximum atomic E-state index is 12.1. The second-order valence-corrected chi connectivity index (χ2v) is 7.04. The lowest BCUT2D eigenvalue weighted by atomic mass is 9.90. The van der Waals surface area contributed by atoms with Crippen molar-refractivity contribution in [2.45, 2.75) is 63.3 Å². The van der Waals surface area contributed by atoms with E-state index in [0.29, 0.717) is 12.0 Å². The number of carbonyl (C=O) groups excluding carboxylic acids is 1. The Morgan fingerprint density at radius 2 is 2.00 bits per heavy atom. The van der Waals surface area contributed by atoms with E-state index in [0.717, 1.165) is 55.7 Å². The maximum absolute atomic E-state index is 12.1. The van der Waals surface area contributed by atoms with Gasteiger partial charge < -0.3 is 0 Å². The quantitative estimate of drug-likeness (QED) is 0.615. The number of rotatable bonds is 4. The molecule has 0 saturated heterocycles. The van der Waals surface area contributed by atoms with Crippen LogP contribution in [0.25, 0.3) is 5.65 Å². The number of anilines is 1. The molecular formula is C20H25N3O. The highest BCUT2D eigenvalue weighted by Crippen LogP contribution is 2.37. The first-order chi connectivity index (χ1) is 11.9. The smallest absolute Gasteiger partial charge is 0.215 e. The highest BCUT2D eigenvalue weighted by molar-refractivity contribution is 5.77. The average Bonchev–Trinajstić information content (AvgIpc) is 3.04. The van der Waals surface area contributed by atoms with Crippen LogP contribution in [0.4, 0.5) is 5.82 Å². The van der Waals surface area contributed by atoms with E-state index in [1.807, 2.05) is 29.3 Å². The number of carbonyl (C=O) groups is 1. The van der Waals surface area contributed by atoms with Crippen molar-refractivity contribution in [3.63, 3.8) is 0 Å². The van der Waals surface area contributed by atoms with Gasteiger partial charge in [-0.05, 0) is 44.2 Å². The first kappa shape index (κ1) is 15.4. The number of pyridine rings is 1. The molecule has 0 aromatic carbocycles. The van der Waals surface area contributed by atoms with Crippen LogP contribution in [0.15, 0.2) is 36.5 Å². The molecule has 2 heterocycles. The molecule has 0 bridgehead atoms. The third-order valence-electron chi connectivity index (χ3n) is 5.51. The van der Waals surface area contributed by atoms with Crippen molar-refractivity contribution in [2.24, 2.45) is 0 Å². The van der Waals surface area contributed by atoms with Crippen LogP contribution in [-0.4, -0.2) is 21.8 Å². The number of hydrogen-bond donors (Lipinski definition) is 0. The van der Waals surface area contributed by atoms with Gasteiger partial charge in [-0.3, -0.25) is 14.1 Å². The summed E-state index contributed by atoms with van der Waals surface area (Å²) in [5.74, 6) is 1.42. The molecule has 1 amide bonds. The minimum absolute atomic E-state index is 0.314. The van der Waals surface area contributed by atoms with Gasteiger partial charge in [-0.2, -0.15) is 0 Å². The van der Waals surface area contributed by atoms with Gasteiger partial charge in [0.05, 0.1) is 5.69 Å². The van der Waals surface area contributed by atoms with Crippen molar-refractivity contribution in [1.82, 2.24) is 9.38 Å². The molecule has 126 valence electrons. The fraction of sp³-hybridized carbons (Fsp3) is 0.500. The van der Waals surface area contributed by atoms with E-state index in [-0.39, 0.29) is 0 Å². The predicted molar refractivity (Wildman–Crippen MR) is 96.3 cm³/mol. The first-order valence-electron chi connectivity index (χ1n) is 9.24. The van der Waals surface area contributed by atoms with Crippen LogP contribution in [-0.2, 0) is 4.79 Å². The summed E-state index contributed by atoms with van der Waals surface area (Å²) in [5, 5.41) is 0. The first-order valence-corrected chi connectivity index (χ1v) is 9.24. The van der Waals surface area contributed by atoms with Gasteiger partial charge in [-0.25, -0.2) is 4.98 Å². The Hall–Kier alpha value is -2.10. The maximum Gasteiger partial charge on any atom is 0.215 e. The van der Waals surface area contributed by atoms with Crippen LogP contribution in [0, 0.1) is 0 Å². The fourth-order valence-electron chi connectivity index (χ4n) is 4.24. The SMILES string of the molecule is O=CN(c1c(C2CC=CCC2)nc2ccccn12)C1CCCCC1. The third-order valence-corrected chi connectivity index (χ3v) is 5.51. The normalized spacial score (nSPS) is 21.9. The lowest BCUT2D eigenvalue weighted by Crippen LogP contribution is -2.37. The zero-order valence-electron chi connectivity index (χ0n) is 14.1. The van der Waals surface area contributed by atoms with Crippen LogP contribution in [0.3, 0.4) is 0 Å². The van der Waals surface area contributed by atoms with E-state index in [1.54, 1.807) is 0 Å². The summed E-state index contributed by atoms with van der Waals surface area (Å²) in [4.78, 5) is 19.0. The molecule has 4 nitrogen and oxygen atoms in total. The summed E-state index contributed by atoms with van der Waals surface area (Å²) in [6.45, 7) is 0. The molecule has 4 rings (SSSR count). The summed E-state index contributed by atoms with van der Waals surface area (Å²) < 4.78 is 2.11. The van der Waals surface area contributed by atoms with E-state index in [2.05, 4.69) is 16.6 Å². The molecule has 2 aromatic heterocycles. The lowest BCUT2D eigenvalue weighted by molar-refractivity contribution is -0.108. The third kappa shape index (κ3) is 2.74. The lowest BCUT2D eigenvalue weighted by Gasteiger charge is -2.32. The van der Waals surface area contributed by atoms with Crippen LogP contribution >= 0.6 is 0 Å². The molecule has 24 heavy (non-hydrogen) atoms. The number of hydrogen-bond acceptors (Lipinski definition) is 2. The summed E-state index contributed by atoms with van der Waals surface area (Å²) in [6.07, 6.45) is 16.7. The Labute approximate surface area is 143 Å². The van der Waals surface area contributed by atoms with Gasteiger partial charge in [0.1, 0.15) is 11.5 Å². The molecule has 1 fully saturated rings. The Morgan fingerprint density at radius 3 is 2.75 bits per heavy atom. The number of imidazole rings is 1. The minimum Gasteiger partial charge on any atom is -0.296 e. The second-order valence-electron chi connectivity index (χ2n) is 7.04. The second kappa shape index (κ2) is 6.80. The minimum atomic E-state index is 0.314. The van der Waals surface area contributed by atoms with Crippen molar-refractivity contribution in [3.05, 3.63) is 42.2 Å². The number of amides is 1. The topological polar surface area (TPSA) is 37.6 Å². The Morgan fingerprint density at radius 1 is 1.12 bits per heavy atom. The van der Waals surface area contributed by atoms with Crippen molar-refractivity contribution >= 4 is 17.9 Å². The fourth-order valence-corrected chi connectivity index (χ4v) is 4.24. The molecule has 2 aliphatic carbocycles. The average molecular weight is 323 g/mol. The predicted octanol–water partition coefficient (Wildman–Crippen LogP) is 4.45. The Balaban J connectivity index is 1.81. The van der Waals surface area contributed by atoms with E-state index < -0.39 is 0 Å². The van der Waals surface area contributed by atoms with Gasteiger partial charge in [0.15, 0.2) is 0 Å². The molecule has 0 spiro atoms. The number of nitrogens with zero attached hydrogens (tertiary/aromatic N) is 3. The molecular weight excluding hydrogens is 298 g/mol. The molecule has 0 N–H and O–H groups in total. The summed E-state index contributed by atoms with van der Waals surface area (Å²) in [6, 6.07) is 6.39. The summed E-state index contributed by atoms with van der Waals surface area (Å²) in [5.41, 5.74) is 2.04. The van der Waals surface area contributed by atoms with E-state index in [9.17, 15) is 4.79 Å². The molecule has 4 heteroatoms. The Kier molecular flexibility index (Phi) is 4.37. The van der Waals surface area contributed by atoms with E-state index in [4.69, 9.17) is 4.98 Å². The number of aromatic nitrogens is 2. The van der Waals surface area contributed by atoms with Gasteiger partial charge in [0, 0.05) is 18.2 Å². The molecule has 0 radical (unpaired) electrons.